The van der Waals surface area contributed by atoms with E-state index < -0.39 is 11.6 Å². The molecule has 0 spiro atoms. The van der Waals surface area contributed by atoms with Gasteiger partial charge in [0.25, 0.3) is 0 Å². The van der Waals surface area contributed by atoms with Crippen LogP contribution in [0.15, 0.2) is 36.7 Å². The molecular formula is C17H23N5O2. The largest absolute Gasteiger partial charge is 0.388 e. The van der Waals surface area contributed by atoms with Crippen LogP contribution in [0.25, 0.3) is 0 Å². The number of hydrogen-bond donors (Lipinski definition) is 2. The number of tetrazole rings is 1. The molecule has 1 aliphatic rings. The number of rotatable bonds is 6. The van der Waals surface area contributed by atoms with Gasteiger partial charge in [0.1, 0.15) is 12.4 Å². The summed E-state index contributed by atoms with van der Waals surface area (Å²) in [6.45, 7) is 0.277. The first-order valence-electron chi connectivity index (χ1n) is 8.43. The Bertz CT molecular complexity index is 638. The van der Waals surface area contributed by atoms with Crippen molar-refractivity contribution in [1.82, 2.24) is 25.5 Å². The zero-order chi connectivity index (χ0) is 16.8. The van der Waals surface area contributed by atoms with Crippen LogP contribution in [-0.2, 0) is 11.2 Å². The lowest BCUT2D eigenvalue weighted by Crippen LogP contribution is -2.46. The SMILES string of the molecule is O=C(NCC1(O)CCCCC1)C(Cc1ccccc1)n1cnnn1. The average molecular weight is 329 g/mol. The Balaban J connectivity index is 1.67. The van der Waals surface area contributed by atoms with Crippen molar-refractivity contribution >= 4 is 5.91 Å². The van der Waals surface area contributed by atoms with Gasteiger partial charge < -0.3 is 10.4 Å². The van der Waals surface area contributed by atoms with E-state index in [1.807, 2.05) is 30.3 Å². The van der Waals surface area contributed by atoms with Gasteiger partial charge in [-0.3, -0.25) is 4.79 Å². The Hall–Kier alpha value is -2.28. The molecule has 2 N–H and O–H groups in total. The summed E-state index contributed by atoms with van der Waals surface area (Å²) >= 11 is 0. The number of aromatic nitrogens is 4. The lowest BCUT2D eigenvalue weighted by Gasteiger charge is -2.32. The molecule has 7 heteroatoms. The van der Waals surface area contributed by atoms with Crippen molar-refractivity contribution in [2.75, 3.05) is 6.54 Å². The predicted molar refractivity (Wildman–Crippen MR) is 88.0 cm³/mol. The number of nitrogens with one attached hydrogen (secondary N) is 1. The summed E-state index contributed by atoms with van der Waals surface area (Å²) in [5.41, 5.74) is 0.246. The van der Waals surface area contributed by atoms with E-state index in [0.717, 1.165) is 37.7 Å². The summed E-state index contributed by atoms with van der Waals surface area (Å²) in [6, 6.07) is 9.23. The van der Waals surface area contributed by atoms with Gasteiger partial charge in [0.2, 0.25) is 5.91 Å². The molecule has 1 amide bonds. The third-order valence-corrected chi connectivity index (χ3v) is 4.63. The molecule has 1 unspecified atom stereocenters. The molecular weight excluding hydrogens is 306 g/mol. The molecule has 0 radical (unpaired) electrons. The third kappa shape index (κ3) is 4.17. The first-order chi connectivity index (χ1) is 11.7. The fraction of sp³-hybridized carbons (Fsp3) is 0.529. The van der Waals surface area contributed by atoms with Crippen molar-refractivity contribution in [2.45, 2.75) is 50.2 Å². The topological polar surface area (TPSA) is 92.9 Å². The van der Waals surface area contributed by atoms with Gasteiger partial charge in [0.05, 0.1) is 5.60 Å². The number of carbonyl (C=O) groups is 1. The van der Waals surface area contributed by atoms with Crippen molar-refractivity contribution in [3.8, 4) is 0 Å². The van der Waals surface area contributed by atoms with E-state index in [9.17, 15) is 9.90 Å². The summed E-state index contributed by atoms with van der Waals surface area (Å²) < 4.78 is 1.47. The van der Waals surface area contributed by atoms with E-state index in [1.165, 1.54) is 11.0 Å². The van der Waals surface area contributed by atoms with Gasteiger partial charge in [-0.05, 0) is 28.8 Å². The molecule has 1 atom stereocenters. The highest BCUT2D eigenvalue weighted by Gasteiger charge is 2.31. The lowest BCUT2D eigenvalue weighted by atomic mass is 9.85. The minimum atomic E-state index is -0.786. The molecule has 1 saturated carbocycles. The second-order valence-electron chi connectivity index (χ2n) is 6.50. The molecule has 1 aromatic heterocycles. The first kappa shape index (κ1) is 16.6. The third-order valence-electron chi connectivity index (χ3n) is 4.63. The normalized spacial score (nSPS) is 18.0. The Kier molecular flexibility index (Phi) is 5.20. The van der Waals surface area contributed by atoms with E-state index in [1.54, 1.807) is 0 Å². The van der Waals surface area contributed by atoms with Gasteiger partial charge >= 0.3 is 0 Å². The highest BCUT2D eigenvalue weighted by molar-refractivity contribution is 5.80. The van der Waals surface area contributed by atoms with Gasteiger partial charge in [-0.25, -0.2) is 4.68 Å². The average Bonchev–Trinajstić information content (AvgIpc) is 3.13. The summed E-state index contributed by atoms with van der Waals surface area (Å²) in [5, 5.41) is 24.6. The van der Waals surface area contributed by atoms with Crippen LogP contribution in [0.3, 0.4) is 0 Å². The number of aliphatic hydroxyl groups is 1. The fourth-order valence-corrected chi connectivity index (χ4v) is 3.21. The number of hydrogen-bond acceptors (Lipinski definition) is 5. The van der Waals surface area contributed by atoms with Crippen molar-refractivity contribution in [3.63, 3.8) is 0 Å². The summed E-state index contributed by atoms with van der Waals surface area (Å²) in [6.07, 6.45) is 6.58. The molecule has 1 aliphatic carbocycles. The first-order valence-corrected chi connectivity index (χ1v) is 8.43. The predicted octanol–water partition coefficient (Wildman–Crippen LogP) is 1.27. The maximum absolute atomic E-state index is 12.7. The number of benzene rings is 1. The Morgan fingerprint density at radius 3 is 2.67 bits per heavy atom. The number of nitrogens with zero attached hydrogens (tertiary/aromatic N) is 4. The Morgan fingerprint density at radius 1 is 1.25 bits per heavy atom. The molecule has 1 heterocycles. The van der Waals surface area contributed by atoms with Crippen LogP contribution in [0.2, 0.25) is 0 Å². The highest BCUT2D eigenvalue weighted by Crippen LogP contribution is 2.27. The molecule has 2 aromatic rings. The van der Waals surface area contributed by atoms with Crippen LogP contribution >= 0.6 is 0 Å². The van der Waals surface area contributed by atoms with Crippen LogP contribution in [0.1, 0.15) is 43.7 Å². The van der Waals surface area contributed by atoms with Crippen LogP contribution in [0.5, 0.6) is 0 Å². The molecule has 0 saturated heterocycles. The quantitative estimate of drug-likeness (QED) is 0.832. The standard InChI is InChI=1S/C17H23N5O2/c23-16(18-12-17(24)9-5-2-6-10-17)15(22-13-19-20-21-22)11-14-7-3-1-4-8-14/h1,3-4,7-8,13,15,24H,2,5-6,9-12H2,(H,18,23). The van der Waals surface area contributed by atoms with Crippen molar-refractivity contribution in [2.24, 2.45) is 0 Å². The van der Waals surface area contributed by atoms with E-state index in [4.69, 9.17) is 0 Å². The molecule has 128 valence electrons. The van der Waals surface area contributed by atoms with Gasteiger partial charge in [0.15, 0.2) is 0 Å². The minimum absolute atomic E-state index is 0.176. The fourth-order valence-electron chi connectivity index (χ4n) is 3.21. The van der Waals surface area contributed by atoms with Crippen molar-refractivity contribution in [1.29, 1.82) is 0 Å². The maximum atomic E-state index is 12.7. The van der Waals surface area contributed by atoms with E-state index in [0.29, 0.717) is 6.42 Å². The molecule has 1 fully saturated rings. The van der Waals surface area contributed by atoms with Gasteiger partial charge in [-0.2, -0.15) is 0 Å². The van der Waals surface area contributed by atoms with Crippen LogP contribution in [0.4, 0.5) is 0 Å². The maximum Gasteiger partial charge on any atom is 0.245 e. The second-order valence-corrected chi connectivity index (χ2v) is 6.50. The molecule has 0 bridgehead atoms. The molecule has 1 aromatic carbocycles. The zero-order valence-electron chi connectivity index (χ0n) is 13.6. The summed E-state index contributed by atoms with van der Waals surface area (Å²) in [5.74, 6) is -0.176. The van der Waals surface area contributed by atoms with Gasteiger partial charge in [0, 0.05) is 13.0 Å². The summed E-state index contributed by atoms with van der Waals surface area (Å²) in [4.78, 5) is 12.7. The van der Waals surface area contributed by atoms with Crippen LogP contribution < -0.4 is 5.32 Å². The highest BCUT2D eigenvalue weighted by atomic mass is 16.3. The van der Waals surface area contributed by atoms with Crippen molar-refractivity contribution < 1.29 is 9.90 Å². The van der Waals surface area contributed by atoms with E-state index in [2.05, 4.69) is 20.8 Å². The second kappa shape index (κ2) is 7.53. The van der Waals surface area contributed by atoms with Crippen LogP contribution in [-0.4, -0.2) is 43.4 Å². The van der Waals surface area contributed by atoms with E-state index in [-0.39, 0.29) is 12.5 Å². The minimum Gasteiger partial charge on any atom is -0.388 e. The lowest BCUT2D eigenvalue weighted by molar-refractivity contribution is -0.126. The number of amides is 1. The number of carbonyl (C=O) groups excluding carboxylic acids is 1. The summed E-state index contributed by atoms with van der Waals surface area (Å²) in [7, 11) is 0. The monoisotopic (exact) mass is 329 g/mol. The van der Waals surface area contributed by atoms with Gasteiger partial charge in [-0.1, -0.05) is 49.6 Å². The zero-order valence-corrected chi connectivity index (χ0v) is 13.6. The molecule has 7 nitrogen and oxygen atoms in total. The van der Waals surface area contributed by atoms with Crippen LogP contribution in [0, 0.1) is 0 Å². The Morgan fingerprint density at radius 2 is 2.00 bits per heavy atom. The van der Waals surface area contributed by atoms with E-state index >= 15 is 0 Å². The molecule has 24 heavy (non-hydrogen) atoms. The Labute approximate surface area is 141 Å². The van der Waals surface area contributed by atoms with Gasteiger partial charge in [-0.15, -0.1) is 5.10 Å². The van der Waals surface area contributed by atoms with Crippen molar-refractivity contribution in [3.05, 3.63) is 42.2 Å². The smallest absolute Gasteiger partial charge is 0.245 e. The molecule has 3 rings (SSSR count). The molecule has 0 aliphatic heterocycles.